The van der Waals surface area contributed by atoms with Crippen LogP contribution < -0.4 is 10.3 Å². The summed E-state index contributed by atoms with van der Waals surface area (Å²) in [5, 5.41) is 1.10. The van der Waals surface area contributed by atoms with Crippen LogP contribution in [0.3, 0.4) is 0 Å². The maximum absolute atomic E-state index is 12.1. The Morgan fingerprint density at radius 2 is 1.88 bits per heavy atom. The molecule has 0 aliphatic carbocycles. The summed E-state index contributed by atoms with van der Waals surface area (Å²) < 4.78 is 33.0. The maximum Gasteiger partial charge on any atom is 0.255 e. The monoisotopic (exact) mass is 348 g/mol. The summed E-state index contributed by atoms with van der Waals surface area (Å²) in [6.45, 7) is 2.68. The standard InChI is InChI=1S/C17H20N2O4S/c1-14-3-5-15(6-4-14)9-12-24(21,22)18-16-7-8-17(20)19(13-16)10-11-23-2/h3-9,12-13,18H,10-11H2,1-2H3. The number of aromatic nitrogens is 1. The summed E-state index contributed by atoms with van der Waals surface area (Å²) in [4.78, 5) is 11.7. The molecule has 1 aromatic carbocycles. The smallest absolute Gasteiger partial charge is 0.255 e. The second-order valence-corrected chi connectivity index (χ2v) is 6.87. The van der Waals surface area contributed by atoms with Crippen molar-refractivity contribution in [3.05, 3.63) is 69.5 Å². The van der Waals surface area contributed by atoms with Crippen LogP contribution in [0.5, 0.6) is 0 Å². The van der Waals surface area contributed by atoms with Crippen molar-refractivity contribution in [3.8, 4) is 0 Å². The van der Waals surface area contributed by atoms with Gasteiger partial charge < -0.3 is 9.30 Å². The van der Waals surface area contributed by atoms with Crippen LogP contribution in [0.2, 0.25) is 0 Å². The molecule has 0 saturated heterocycles. The first kappa shape index (κ1) is 18.0. The molecular formula is C17H20N2O4S. The fraction of sp³-hybridized carbons (Fsp3) is 0.235. The minimum absolute atomic E-state index is 0.217. The molecule has 0 saturated carbocycles. The molecular weight excluding hydrogens is 328 g/mol. The number of methoxy groups -OCH3 is 1. The second-order valence-electron chi connectivity index (χ2n) is 5.30. The molecule has 0 spiro atoms. The first-order chi connectivity index (χ1) is 11.4. The van der Waals surface area contributed by atoms with Crippen molar-refractivity contribution >= 4 is 21.8 Å². The predicted molar refractivity (Wildman–Crippen MR) is 95.3 cm³/mol. The molecule has 0 atom stereocenters. The van der Waals surface area contributed by atoms with E-state index >= 15 is 0 Å². The largest absolute Gasteiger partial charge is 0.383 e. The highest BCUT2D eigenvalue weighted by Gasteiger charge is 2.07. The summed E-state index contributed by atoms with van der Waals surface area (Å²) in [6, 6.07) is 10.2. The molecule has 1 N–H and O–H groups in total. The highest BCUT2D eigenvalue weighted by Crippen LogP contribution is 2.10. The van der Waals surface area contributed by atoms with Crippen LogP contribution >= 0.6 is 0 Å². The van der Waals surface area contributed by atoms with E-state index in [2.05, 4.69) is 4.72 Å². The molecule has 0 aliphatic rings. The normalized spacial score (nSPS) is 11.8. The van der Waals surface area contributed by atoms with E-state index in [-0.39, 0.29) is 5.56 Å². The Morgan fingerprint density at radius 1 is 1.17 bits per heavy atom. The number of nitrogens with zero attached hydrogens (tertiary/aromatic N) is 1. The van der Waals surface area contributed by atoms with Gasteiger partial charge in [0.1, 0.15) is 0 Å². The van der Waals surface area contributed by atoms with Crippen molar-refractivity contribution in [2.45, 2.75) is 13.5 Å². The lowest BCUT2D eigenvalue weighted by Crippen LogP contribution is -2.22. The predicted octanol–water partition coefficient (Wildman–Crippen LogP) is 2.22. The fourth-order valence-electron chi connectivity index (χ4n) is 2.00. The molecule has 0 fully saturated rings. The number of aryl methyl sites for hydroxylation is 1. The number of benzene rings is 1. The molecule has 1 heterocycles. The van der Waals surface area contributed by atoms with Crippen LogP contribution in [0.4, 0.5) is 5.69 Å². The number of pyridine rings is 1. The Balaban J connectivity index is 2.13. The van der Waals surface area contributed by atoms with Crippen molar-refractivity contribution < 1.29 is 13.2 Å². The van der Waals surface area contributed by atoms with Crippen LogP contribution in [-0.4, -0.2) is 26.7 Å². The van der Waals surface area contributed by atoms with Crippen LogP contribution in [0.15, 0.2) is 52.8 Å². The van der Waals surface area contributed by atoms with Gasteiger partial charge in [-0.3, -0.25) is 9.52 Å². The number of anilines is 1. The summed E-state index contributed by atoms with van der Waals surface area (Å²) in [7, 11) is -2.14. The molecule has 24 heavy (non-hydrogen) atoms. The zero-order valence-corrected chi connectivity index (χ0v) is 14.4. The molecule has 0 radical (unpaired) electrons. The molecule has 2 rings (SSSR count). The van der Waals surface area contributed by atoms with Gasteiger partial charge in [-0.1, -0.05) is 29.8 Å². The molecule has 2 aromatic rings. The third-order valence-corrected chi connectivity index (χ3v) is 4.31. The zero-order valence-electron chi connectivity index (χ0n) is 13.6. The van der Waals surface area contributed by atoms with E-state index in [1.165, 1.54) is 36.1 Å². The average molecular weight is 348 g/mol. The molecule has 0 amide bonds. The Hall–Kier alpha value is -2.38. The minimum atomic E-state index is -3.67. The Kier molecular flexibility index (Phi) is 5.94. The fourth-order valence-corrected chi connectivity index (χ4v) is 2.85. The van der Waals surface area contributed by atoms with Crippen molar-refractivity contribution in [3.63, 3.8) is 0 Å². The number of hydrogen-bond donors (Lipinski definition) is 1. The van der Waals surface area contributed by atoms with Gasteiger partial charge in [-0.05, 0) is 24.6 Å². The first-order valence-electron chi connectivity index (χ1n) is 7.36. The van der Waals surface area contributed by atoms with Crippen molar-refractivity contribution in [2.24, 2.45) is 0 Å². The van der Waals surface area contributed by atoms with E-state index in [1.807, 2.05) is 31.2 Å². The van der Waals surface area contributed by atoms with Crippen molar-refractivity contribution in [2.75, 3.05) is 18.4 Å². The summed E-state index contributed by atoms with van der Waals surface area (Å²) in [6.07, 6.45) is 2.97. The van der Waals surface area contributed by atoms with E-state index in [0.717, 1.165) is 16.5 Å². The molecule has 7 heteroatoms. The van der Waals surface area contributed by atoms with Gasteiger partial charge in [0.25, 0.3) is 15.6 Å². The Labute approximate surface area is 141 Å². The van der Waals surface area contributed by atoms with Gasteiger partial charge in [-0.15, -0.1) is 0 Å². The molecule has 0 unspecified atom stereocenters. The summed E-state index contributed by atoms with van der Waals surface area (Å²) >= 11 is 0. The maximum atomic E-state index is 12.1. The molecule has 0 aliphatic heterocycles. The Morgan fingerprint density at radius 3 is 2.54 bits per heavy atom. The average Bonchev–Trinajstić information content (AvgIpc) is 2.54. The van der Waals surface area contributed by atoms with E-state index < -0.39 is 10.0 Å². The van der Waals surface area contributed by atoms with E-state index in [1.54, 1.807) is 0 Å². The molecule has 1 aromatic heterocycles. The number of hydrogen-bond acceptors (Lipinski definition) is 4. The third kappa shape index (κ3) is 5.36. The van der Waals surface area contributed by atoms with Gasteiger partial charge >= 0.3 is 0 Å². The topological polar surface area (TPSA) is 77.4 Å². The van der Waals surface area contributed by atoms with Gasteiger partial charge in [-0.25, -0.2) is 8.42 Å². The van der Waals surface area contributed by atoms with Gasteiger partial charge in [-0.2, -0.15) is 0 Å². The van der Waals surface area contributed by atoms with Gasteiger partial charge in [0.15, 0.2) is 0 Å². The second kappa shape index (κ2) is 7.94. The van der Waals surface area contributed by atoms with Crippen molar-refractivity contribution in [1.29, 1.82) is 0 Å². The highest BCUT2D eigenvalue weighted by molar-refractivity contribution is 7.95. The number of nitrogens with one attached hydrogen (secondary N) is 1. The summed E-state index contributed by atoms with van der Waals surface area (Å²) in [5.74, 6) is 0. The van der Waals surface area contributed by atoms with Gasteiger partial charge in [0, 0.05) is 25.9 Å². The van der Waals surface area contributed by atoms with Crippen LogP contribution in [-0.2, 0) is 21.3 Å². The molecule has 128 valence electrons. The molecule has 6 nitrogen and oxygen atoms in total. The van der Waals surface area contributed by atoms with Crippen LogP contribution in [0, 0.1) is 6.92 Å². The molecule has 0 bridgehead atoms. The number of sulfonamides is 1. The lowest BCUT2D eigenvalue weighted by Gasteiger charge is -2.09. The minimum Gasteiger partial charge on any atom is -0.383 e. The third-order valence-electron chi connectivity index (χ3n) is 3.30. The highest BCUT2D eigenvalue weighted by atomic mass is 32.2. The van der Waals surface area contributed by atoms with Gasteiger partial charge in [0.05, 0.1) is 17.7 Å². The SMILES string of the molecule is COCCn1cc(NS(=O)(=O)C=Cc2ccc(C)cc2)ccc1=O. The lowest BCUT2D eigenvalue weighted by molar-refractivity contribution is 0.186. The Bertz CT molecular complexity index is 868. The first-order valence-corrected chi connectivity index (χ1v) is 8.91. The van der Waals surface area contributed by atoms with Crippen molar-refractivity contribution in [1.82, 2.24) is 4.57 Å². The van der Waals surface area contributed by atoms with Crippen LogP contribution in [0.25, 0.3) is 6.08 Å². The quantitative estimate of drug-likeness (QED) is 0.832. The number of ether oxygens (including phenoxy) is 1. The zero-order chi connectivity index (χ0) is 17.6. The lowest BCUT2D eigenvalue weighted by atomic mass is 10.2. The summed E-state index contributed by atoms with van der Waals surface area (Å²) in [5.41, 5.74) is 1.99. The van der Waals surface area contributed by atoms with E-state index in [9.17, 15) is 13.2 Å². The van der Waals surface area contributed by atoms with E-state index in [0.29, 0.717) is 18.8 Å². The van der Waals surface area contributed by atoms with E-state index in [4.69, 9.17) is 4.74 Å². The van der Waals surface area contributed by atoms with Gasteiger partial charge in [0.2, 0.25) is 0 Å². The van der Waals surface area contributed by atoms with Crippen LogP contribution in [0.1, 0.15) is 11.1 Å². The number of rotatable bonds is 7.